The zero-order valence-electron chi connectivity index (χ0n) is 11.1. The van der Waals surface area contributed by atoms with Crippen LogP contribution in [0.5, 0.6) is 0 Å². The van der Waals surface area contributed by atoms with Crippen LogP contribution < -0.4 is 5.43 Å². The molecule has 2 rings (SSSR count). The van der Waals surface area contributed by atoms with Crippen molar-refractivity contribution in [2.45, 2.75) is 20.8 Å². The molecule has 0 saturated heterocycles. The molecule has 0 spiro atoms. The first-order chi connectivity index (χ1) is 8.66. The molecule has 0 heterocycles. The lowest BCUT2D eigenvalue weighted by Gasteiger charge is -2.06. The van der Waals surface area contributed by atoms with E-state index in [0.29, 0.717) is 0 Å². The second kappa shape index (κ2) is 5.50. The summed E-state index contributed by atoms with van der Waals surface area (Å²) in [6.07, 6.45) is 1.89. The minimum atomic E-state index is 0.996. The SMILES string of the molecule is Cc1cc(C)c(/C=N/Nc2ccccc2)c(C)c1. The molecule has 2 aromatic carbocycles. The van der Waals surface area contributed by atoms with Crippen molar-refractivity contribution < 1.29 is 0 Å². The maximum absolute atomic E-state index is 4.29. The predicted octanol–water partition coefficient (Wildman–Crippen LogP) is 4.06. The number of anilines is 1. The Labute approximate surface area is 108 Å². The summed E-state index contributed by atoms with van der Waals surface area (Å²) in [4.78, 5) is 0. The molecule has 0 aliphatic heterocycles. The molecule has 2 heteroatoms. The van der Waals surface area contributed by atoms with E-state index in [2.05, 4.69) is 43.4 Å². The highest BCUT2D eigenvalue weighted by molar-refractivity contribution is 5.84. The number of aryl methyl sites for hydroxylation is 3. The highest BCUT2D eigenvalue weighted by Crippen LogP contribution is 2.14. The van der Waals surface area contributed by atoms with Gasteiger partial charge in [0.1, 0.15) is 0 Å². The van der Waals surface area contributed by atoms with Gasteiger partial charge in [-0.3, -0.25) is 5.43 Å². The maximum atomic E-state index is 4.29. The molecule has 18 heavy (non-hydrogen) atoms. The summed E-state index contributed by atoms with van der Waals surface area (Å²) in [6.45, 7) is 6.34. The zero-order valence-corrected chi connectivity index (χ0v) is 11.1. The minimum Gasteiger partial charge on any atom is -0.279 e. The van der Waals surface area contributed by atoms with Crippen molar-refractivity contribution in [3.8, 4) is 0 Å². The topological polar surface area (TPSA) is 24.4 Å². The van der Waals surface area contributed by atoms with Gasteiger partial charge in [-0.25, -0.2) is 0 Å². The lowest BCUT2D eigenvalue weighted by atomic mass is 10.0. The molecule has 0 radical (unpaired) electrons. The molecule has 0 saturated carbocycles. The Morgan fingerprint density at radius 3 is 2.17 bits per heavy atom. The van der Waals surface area contributed by atoms with Crippen LogP contribution in [0.3, 0.4) is 0 Å². The number of nitrogens with zero attached hydrogens (tertiary/aromatic N) is 1. The quantitative estimate of drug-likeness (QED) is 0.633. The van der Waals surface area contributed by atoms with Gasteiger partial charge in [0.2, 0.25) is 0 Å². The number of hydrogen-bond donors (Lipinski definition) is 1. The van der Waals surface area contributed by atoms with Gasteiger partial charge in [0.25, 0.3) is 0 Å². The van der Waals surface area contributed by atoms with E-state index in [1.807, 2.05) is 36.5 Å². The number of hydrogen-bond acceptors (Lipinski definition) is 2. The fourth-order valence-corrected chi connectivity index (χ4v) is 2.08. The largest absolute Gasteiger partial charge is 0.279 e. The number of rotatable bonds is 3. The van der Waals surface area contributed by atoms with Gasteiger partial charge >= 0.3 is 0 Å². The summed E-state index contributed by atoms with van der Waals surface area (Å²) in [6, 6.07) is 14.3. The highest BCUT2D eigenvalue weighted by Gasteiger charge is 2.00. The molecular formula is C16H18N2. The fourth-order valence-electron chi connectivity index (χ4n) is 2.08. The van der Waals surface area contributed by atoms with Gasteiger partial charge in [0.15, 0.2) is 0 Å². The van der Waals surface area contributed by atoms with Crippen molar-refractivity contribution >= 4 is 11.9 Å². The molecular weight excluding hydrogens is 220 g/mol. The molecule has 0 bridgehead atoms. The molecule has 2 nitrogen and oxygen atoms in total. The molecule has 0 aliphatic carbocycles. The van der Waals surface area contributed by atoms with E-state index in [4.69, 9.17) is 0 Å². The molecule has 0 unspecified atom stereocenters. The summed E-state index contributed by atoms with van der Waals surface area (Å²) in [5, 5.41) is 4.29. The van der Waals surface area contributed by atoms with Crippen LogP contribution in [0.25, 0.3) is 0 Å². The molecule has 1 N–H and O–H groups in total. The van der Waals surface area contributed by atoms with Crippen molar-refractivity contribution in [1.82, 2.24) is 0 Å². The molecule has 2 aromatic rings. The van der Waals surface area contributed by atoms with Crippen molar-refractivity contribution in [3.63, 3.8) is 0 Å². The monoisotopic (exact) mass is 238 g/mol. The number of para-hydroxylation sites is 1. The second-order valence-electron chi connectivity index (χ2n) is 4.55. The van der Waals surface area contributed by atoms with Crippen molar-refractivity contribution in [2.24, 2.45) is 5.10 Å². The molecule has 0 aliphatic rings. The van der Waals surface area contributed by atoms with Gasteiger partial charge in [0.05, 0.1) is 11.9 Å². The van der Waals surface area contributed by atoms with Crippen molar-refractivity contribution in [2.75, 3.05) is 5.43 Å². The van der Waals surface area contributed by atoms with Crippen molar-refractivity contribution in [3.05, 3.63) is 64.7 Å². The minimum absolute atomic E-state index is 0.996. The van der Waals surface area contributed by atoms with Gasteiger partial charge in [-0.05, 0) is 44.0 Å². The summed E-state index contributed by atoms with van der Waals surface area (Å²) in [7, 11) is 0. The van der Waals surface area contributed by atoms with Crippen LogP contribution in [0, 0.1) is 20.8 Å². The number of hydrazone groups is 1. The third-order valence-electron chi connectivity index (χ3n) is 2.90. The van der Waals surface area contributed by atoms with Crippen LogP contribution >= 0.6 is 0 Å². The van der Waals surface area contributed by atoms with E-state index in [-0.39, 0.29) is 0 Å². The molecule has 0 atom stereocenters. The zero-order chi connectivity index (χ0) is 13.0. The van der Waals surface area contributed by atoms with Crippen molar-refractivity contribution in [1.29, 1.82) is 0 Å². The highest BCUT2D eigenvalue weighted by atomic mass is 15.3. The standard InChI is InChI=1S/C16H18N2/c1-12-9-13(2)16(14(3)10-12)11-17-18-15-7-5-4-6-8-15/h4-11,18H,1-3H3/b17-11+. The fraction of sp³-hybridized carbons (Fsp3) is 0.188. The Morgan fingerprint density at radius 1 is 0.944 bits per heavy atom. The Hall–Kier alpha value is -2.09. The lowest BCUT2D eigenvalue weighted by Crippen LogP contribution is -1.96. The van der Waals surface area contributed by atoms with Crippen LogP contribution in [0.4, 0.5) is 5.69 Å². The van der Waals surface area contributed by atoms with Gasteiger partial charge < -0.3 is 0 Å². The molecule has 0 fully saturated rings. The van der Waals surface area contributed by atoms with E-state index < -0.39 is 0 Å². The normalized spacial score (nSPS) is 10.8. The van der Waals surface area contributed by atoms with Gasteiger partial charge in [-0.2, -0.15) is 5.10 Å². The average molecular weight is 238 g/mol. The molecule has 0 amide bonds. The number of benzene rings is 2. The van der Waals surface area contributed by atoms with Crippen LogP contribution in [-0.4, -0.2) is 6.21 Å². The van der Waals surface area contributed by atoms with E-state index in [0.717, 1.165) is 5.69 Å². The van der Waals surface area contributed by atoms with Crippen LogP contribution in [-0.2, 0) is 0 Å². The Morgan fingerprint density at radius 2 is 1.56 bits per heavy atom. The first kappa shape index (κ1) is 12.4. The number of nitrogens with one attached hydrogen (secondary N) is 1. The van der Waals surface area contributed by atoms with Gasteiger partial charge in [-0.1, -0.05) is 35.9 Å². The Bertz CT molecular complexity index is 534. The molecule has 92 valence electrons. The second-order valence-corrected chi connectivity index (χ2v) is 4.55. The smallest absolute Gasteiger partial charge is 0.0561 e. The van der Waals surface area contributed by atoms with E-state index in [1.165, 1.54) is 22.3 Å². The average Bonchev–Trinajstić information content (AvgIpc) is 2.34. The van der Waals surface area contributed by atoms with E-state index in [1.54, 1.807) is 0 Å². The predicted molar refractivity (Wildman–Crippen MR) is 78.3 cm³/mol. The van der Waals surface area contributed by atoms with Crippen LogP contribution in [0.2, 0.25) is 0 Å². The van der Waals surface area contributed by atoms with Crippen LogP contribution in [0.1, 0.15) is 22.3 Å². The third-order valence-corrected chi connectivity index (χ3v) is 2.90. The lowest BCUT2D eigenvalue weighted by molar-refractivity contribution is 1.29. The van der Waals surface area contributed by atoms with Gasteiger partial charge in [-0.15, -0.1) is 0 Å². The Kier molecular flexibility index (Phi) is 3.78. The summed E-state index contributed by atoms with van der Waals surface area (Å²) >= 11 is 0. The van der Waals surface area contributed by atoms with E-state index in [9.17, 15) is 0 Å². The summed E-state index contributed by atoms with van der Waals surface area (Å²) in [5.74, 6) is 0. The van der Waals surface area contributed by atoms with E-state index >= 15 is 0 Å². The maximum Gasteiger partial charge on any atom is 0.0561 e. The Balaban J connectivity index is 2.15. The third kappa shape index (κ3) is 2.98. The first-order valence-corrected chi connectivity index (χ1v) is 6.09. The van der Waals surface area contributed by atoms with Gasteiger partial charge in [0, 0.05) is 5.56 Å². The summed E-state index contributed by atoms with van der Waals surface area (Å²) in [5.41, 5.74) is 9.01. The van der Waals surface area contributed by atoms with Crippen LogP contribution in [0.15, 0.2) is 47.6 Å². The molecule has 0 aromatic heterocycles. The first-order valence-electron chi connectivity index (χ1n) is 6.09. The summed E-state index contributed by atoms with van der Waals surface area (Å²) < 4.78 is 0.